The number of fused-ring (bicyclic) bond motifs is 1. The molecule has 0 radical (unpaired) electrons. The van der Waals surface area contributed by atoms with Gasteiger partial charge in [0.1, 0.15) is 11.7 Å². The number of benzene rings is 2. The lowest BCUT2D eigenvalue weighted by Crippen LogP contribution is -2.49. The number of aliphatic hydroxyl groups is 1. The molecule has 0 atom stereocenters. The summed E-state index contributed by atoms with van der Waals surface area (Å²) in [6.07, 6.45) is 5.37. The Labute approximate surface area is 217 Å². The van der Waals surface area contributed by atoms with Gasteiger partial charge in [-0.1, -0.05) is 48.5 Å². The highest BCUT2D eigenvalue weighted by molar-refractivity contribution is 5.92. The van der Waals surface area contributed by atoms with Crippen LogP contribution in [0.2, 0.25) is 0 Å². The highest BCUT2D eigenvalue weighted by Crippen LogP contribution is 2.26. The first kappa shape index (κ1) is 23.8. The highest BCUT2D eigenvalue weighted by Gasteiger charge is 2.36. The van der Waals surface area contributed by atoms with Crippen LogP contribution in [0.4, 0.5) is 0 Å². The zero-order valence-corrected chi connectivity index (χ0v) is 20.6. The quantitative estimate of drug-likeness (QED) is 0.373. The van der Waals surface area contributed by atoms with E-state index in [-0.39, 0.29) is 23.8 Å². The van der Waals surface area contributed by atoms with Gasteiger partial charge in [0, 0.05) is 19.5 Å². The summed E-state index contributed by atoms with van der Waals surface area (Å²) in [5, 5.41) is 16.0. The maximum absolute atomic E-state index is 13.2. The molecule has 10 nitrogen and oxygen atoms in total. The van der Waals surface area contributed by atoms with E-state index in [0.717, 1.165) is 11.3 Å². The first-order chi connectivity index (χ1) is 18.5. The van der Waals surface area contributed by atoms with E-state index in [1.54, 1.807) is 9.58 Å². The summed E-state index contributed by atoms with van der Waals surface area (Å²) in [4.78, 5) is 36.8. The fraction of sp³-hybridized carbons (Fsp3) is 0.250. The van der Waals surface area contributed by atoms with E-state index in [1.165, 1.54) is 23.5 Å². The number of oxazole rings is 1. The number of rotatable bonds is 6. The third kappa shape index (κ3) is 4.50. The fourth-order valence-electron chi connectivity index (χ4n) is 4.92. The summed E-state index contributed by atoms with van der Waals surface area (Å²) < 4.78 is 8.51. The number of para-hydroxylation sites is 1. The van der Waals surface area contributed by atoms with Gasteiger partial charge in [0.15, 0.2) is 12.0 Å². The molecule has 0 bridgehead atoms. The average molecular weight is 511 g/mol. The lowest BCUT2D eigenvalue weighted by atomic mass is 9.91. The van der Waals surface area contributed by atoms with Crippen LogP contribution in [0.1, 0.15) is 34.7 Å². The van der Waals surface area contributed by atoms with Crippen molar-refractivity contribution >= 4 is 16.9 Å². The second-order valence-electron chi connectivity index (χ2n) is 9.61. The van der Waals surface area contributed by atoms with Crippen molar-refractivity contribution < 1.29 is 14.3 Å². The number of hydrogen-bond donors (Lipinski definition) is 1. The van der Waals surface area contributed by atoms with Gasteiger partial charge < -0.3 is 14.4 Å². The van der Waals surface area contributed by atoms with E-state index < -0.39 is 5.60 Å². The van der Waals surface area contributed by atoms with Crippen molar-refractivity contribution in [2.75, 3.05) is 13.1 Å². The zero-order valence-electron chi connectivity index (χ0n) is 20.6. The molecule has 0 saturated carbocycles. The summed E-state index contributed by atoms with van der Waals surface area (Å²) in [6.45, 7) is 0.739. The van der Waals surface area contributed by atoms with Crippen LogP contribution in [0.3, 0.4) is 0 Å². The van der Waals surface area contributed by atoms with Crippen molar-refractivity contribution in [2.24, 2.45) is 0 Å². The summed E-state index contributed by atoms with van der Waals surface area (Å²) in [5.74, 6) is -0.0235. The van der Waals surface area contributed by atoms with Crippen molar-refractivity contribution in [3.8, 4) is 5.69 Å². The maximum atomic E-state index is 13.2. The first-order valence-electron chi connectivity index (χ1n) is 12.5. The van der Waals surface area contributed by atoms with Crippen LogP contribution in [0, 0.1) is 0 Å². The van der Waals surface area contributed by atoms with E-state index in [2.05, 4.69) is 15.1 Å². The van der Waals surface area contributed by atoms with Crippen LogP contribution in [-0.4, -0.2) is 58.9 Å². The SMILES string of the molecule is O=C(c1ocnc1Cc1ccccc1)N1CCC(O)(Cn2cnc3c(cnn3-c3ccccc3)c2=O)CC1. The molecular weight excluding hydrogens is 484 g/mol. The van der Waals surface area contributed by atoms with Crippen LogP contribution in [-0.2, 0) is 13.0 Å². The molecule has 2 aromatic carbocycles. The Morgan fingerprint density at radius 1 is 1.00 bits per heavy atom. The smallest absolute Gasteiger partial charge is 0.291 e. The van der Waals surface area contributed by atoms with E-state index in [4.69, 9.17) is 4.42 Å². The summed E-state index contributed by atoms with van der Waals surface area (Å²) >= 11 is 0. The Morgan fingerprint density at radius 2 is 1.71 bits per heavy atom. The van der Waals surface area contributed by atoms with E-state index in [0.29, 0.717) is 49.1 Å². The third-order valence-electron chi connectivity index (χ3n) is 7.05. The Hall–Kier alpha value is -4.57. The van der Waals surface area contributed by atoms with Crippen molar-refractivity contribution in [1.29, 1.82) is 0 Å². The van der Waals surface area contributed by atoms with Crippen molar-refractivity contribution in [3.05, 3.63) is 107 Å². The average Bonchev–Trinajstić information content (AvgIpc) is 3.59. The van der Waals surface area contributed by atoms with Gasteiger partial charge in [0.2, 0.25) is 5.76 Å². The van der Waals surface area contributed by atoms with Crippen LogP contribution in [0.25, 0.3) is 16.7 Å². The molecule has 1 aliphatic heterocycles. The van der Waals surface area contributed by atoms with Gasteiger partial charge >= 0.3 is 0 Å². The monoisotopic (exact) mass is 510 g/mol. The topological polar surface area (TPSA) is 119 Å². The fourth-order valence-corrected chi connectivity index (χ4v) is 4.92. The number of aromatic nitrogens is 5. The van der Waals surface area contributed by atoms with Crippen molar-refractivity contribution in [2.45, 2.75) is 31.4 Å². The Bertz CT molecular complexity index is 1630. The molecule has 38 heavy (non-hydrogen) atoms. The van der Waals surface area contributed by atoms with Gasteiger partial charge in [-0.15, -0.1) is 0 Å². The Kier molecular flexibility index (Phi) is 6.09. The van der Waals surface area contributed by atoms with Crippen LogP contribution in [0.5, 0.6) is 0 Å². The van der Waals surface area contributed by atoms with Crippen LogP contribution >= 0.6 is 0 Å². The minimum atomic E-state index is -1.15. The molecule has 6 rings (SSSR count). The maximum Gasteiger partial charge on any atom is 0.291 e. The minimum Gasteiger partial charge on any atom is -0.438 e. The second kappa shape index (κ2) is 9.71. The Balaban J connectivity index is 1.15. The van der Waals surface area contributed by atoms with Gasteiger partial charge in [0.05, 0.1) is 29.7 Å². The molecular formula is C28H26N6O4. The lowest BCUT2D eigenvalue weighted by Gasteiger charge is -2.38. The molecule has 0 aliphatic carbocycles. The number of likely N-dealkylation sites (tertiary alicyclic amines) is 1. The van der Waals surface area contributed by atoms with Crippen LogP contribution < -0.4 is 5.56 Å². The van der Waals surface area contributed by atoms with E-state index in [1.807, 2.05) is 60.7 Å². The molecule has 3 aromatic heterocycles. The summed E-state index contributed by atoms with van der Waals surface area (Å²) in [7, 11) is 0. The standard InChI is InChI=1S/C28H26N6O4/c35-26-22-16-31-34(21-9-5-2-6-10-21)25(22)29-18-33(26)17-28(37)11-13-32(14-12-28)27(36)24-23(30-19-38-24)15-20-7-3-1-4-8-20/h1-10,16,18-19,37H,11-15,17H2. The molecule has 4 heterocycles. The molecule has 1 saturated heterocycles. The summed E-state index contributed by atoms with van der Waals surface area (Å²) in [5.41, 5.74) is 1.47. The number of hydrogen-bond acceptors (Lipinski definition) is 7. The first-order valence-corrected chi connectivity index (χ1v) is 12.5. The molecule has 1 amide bonds. The van der Waals surface area contributed by atoms with Gasteiger partial charge in [-0.05, 0) is 30.5 Å². The van der Waals surface area contributed by atoms with Gasteiger partial charge in [-0.2, -0.15) is 5.10 Å². The minimum absolute atomic E-state index is 0.0783. The molecule has 1 N–H and O–H groups in total. The van der Waals surface area contributed by atoms with Gasteiger partial charge in [-0.25, -0.2) is 14.6 Å². The summed E-state index contributed by atoms with van der Waals surface area (Å²) in [6, 6.07) is 19.2. The van der Waals surface area contributed by atoms with Gasteiger partial charge in [0.25, 0.3) is 11.5 Å². The normalized spacial score (nSPS) is 15.1. The number of nitrogens with zero attached hydrogens (tertiary/aromatic N) is 6. The largest absolute Gasteiger partial charge is 0.438 e. The molecule has 0 unspecified atom stereocenters. The number of carbonyl (C=O) groups is 1. The number of piperidine rings is 1. The molecule has 192 valence electrons. The van der Waals surface area contributed by atoms with E-state index in [9.17, 15) is 14.7 Å². The molecule has 1 fully saturated rings. The molecule has 5 aromatic rings. The van der Waals surface area contributed by atoms with Crippen molar-refractivity contribution in [1.82, 2.24) is 29.2 Å². The second-order valence-corrected chi connectivity index (χ2v) is 9.61. The number of amides is 1. The lowest BCUT2D eigenvalue weighted by molar-refractivity contribution is -0.0304. The van der Waals surface area contributed by atoms with Crippen LogP contribution in [0.15, 0.2) is 88.8 Å². The molecule has 0 spiro atoms. The molecule has 10 heteroatoms. The Morgan fingerprint density at radius 3 is 2.45 bits per heavy atom. The predicted molar refractivity (Wildman–Crippen MR) is 139 cm³/mol. The zero-order chi connectivity index (χ0) is 26.1. The predicted octanol–water partition coefficient (Wildman–Crippen LogP) is 2.83. The van der Waals surface area contributed by atoms with E-state index >= 15 is 0 Å². The van der Waals surface area contributed by atoms with Gasteiger partial charge in [-0.3, -0.25) is 14.2 Å². The van der Waals surface area contributed by atoms with Crippen molar-refractivity contribution in [3.63, 3.8) is 0 Å². The highest BCUT2D eigenvalue weighted by atomic mass is 16.4. The number of carbonyl (C=O) groups excluding carboxylic acids is 1. The third-order valence-corrected chi connectivity index (χ3v) is 7.05. The molecule has 1 aliphatic rings.